The van der Waals surface area contributed by atoms with E-state index in [1.807, 2.05) is 0 Å². The van der Waals surface area contributed by atoms with E-state index in [1.54, 1.807) is 0 Å². The van der Waals surface area contributed by atoms with E-state index in [-0.39, 0.29) is 11.7 Å². The van der Waals surface area contributed by atoms with Crippen molar-refractivity contribution in [2.75, 3.05) is 31.1 Å². The third kappa shape index (κ3) is 3.43. The Hall–Kier alpha value is -2.43. The summed E-state index contributed by atoms with van der Waals surface area (Å²) in [6.07, 6.45) is -2.14. The Labute approximate surface area is 146 Å². The summed E-state index contributed by atoms with van der Waals surface area (Å²) in [6, 6.07) is 0.857. The maximum absolute atomic E-state index is 13.0. The summed E-state index contributed by atoms with van der Waals surface area (Å²) in [4.78, 5) is 24.4. The van der Waals surface area contributed by atoms with Crippen LogP contribution in [0.25, 0.3) is 0 Å². The number of nitro groups is 2. The quantitative estimate of drug-likeness (QED) is 0.594. The van der Waals surface area contributed by atoms with Gasteiger partial charge >= 0.3 is 6.18 Å². The molecule has 0 spiro atoms. The predicted octanol–water partition coefficient (Wildman–Crippen LogP) is 3.20. The smallest absolute Gasteiger partial charge is 0.359 e. The average molecular weight is 374 g/mol. The van der Waals surface area contributed by atoms with E-state index in [9.17, 15) is 33.4 Å². The molecule has 11 heteroatoms. The zero-order chi connectivity index (χ0) is 19.1. The molecular formula is C15H17F3N4O4. The monoisotopic (exact) mass is 374 g/mol. The van der Waals surface area contributed by atoms with Crippen molar-refractivity contribution in [3.63, 3.8) is 0 Å². The first kappa shape index (κ1) is 18.4. The lowest BCUT2D eigenvalue weighted by molar-refractivity contribution is -0.393. The van der Waals surface area contributed by atoms with Gasteiger partial charge in [0, 0.05) is 31.3 Å². The van der Waals surface area contributed by atoms with Gasteiger partial charge < -0.3 is 4.90 Å². The minimum atomic E-state index is -4.91. The fraction of sp³-hybridized carbons (Fsp3) is 0.600. The van der Waals surface area contributed by atoms with Gasteiger partial charge in [-0.2, -0.15) is 13.2 Å². The Morgan fingerprint density at radius 3 is 2.00 bits per heavy atom. The highest BCUT2D eigenvalue weighted by Crippen LogP contribution is 2.44. The molecule has 1 atom stereocenters. The van der Waals surface area contributed by atoms with Gasteiger partial charge in [0.1, 0.15) is 0 Å². The lowest BCUT2D eigenvalue weighted by Gasteiger charge is -2.24. The topological polar surface area (TPSA) is 92.8 Å². The summed E-state index contributed by atoms with van der Waals surface area (Å²) in [6.45, 7) is 2.45. The normalized spacial score (nSPS) is 21.3. The third-order valence-electron chi connectivity index (χ3n) is 4.93. The molecule has 0 amide bonds. The Morgan fingerprint density at radius 1 is 1.00 bits per heavy atom. The molecule has 0 bridgehead atoms. The number of benzene rings is 1. The predicted molar refractivity (Wildman–Crippen MR) is 86.2 cm³/mol. The first-order valence-electron chi connectivity index (χ1n) is 8.21. The molecule has 2 fully saturated rings. The lowest BCUT2D eigenvalue weighted by Crippen LogP contribution is -2.35. The first-order chi connectivity index (χ1) is 12.2. The Kier molecular flexibility index (Phi) is 4.74. The largest absolute Gasteiger partial charge is 0.416 e. The number of likely N-dealkylation sites (tertiary alicyclic amines) is 1. The van der Waals surface area contributed by atoms with E-state index in [1.165, 1.54) is 4.90 Å². The number of halogens is 3. The second-order valence-corrected chi connectivity index (χ2v) is 6.51. The van der Waals surface area contributed by atoms with Crippen LogP contribution >= 0.6 is 0 Å². The van der Waals surface area contributed by atoms with Crippen LogP contribution in [-0.2, 0) is 6.18 Å². The van der Waals surface area contributed by atoms with Crippen LogP contribution in [0.4, 0.5) is 30.2 Å². The zero-order valence-electron chi connectivity index (χ0n) is 13.7. The molecule has 2 aliphatic rings. The summed E-state index contributed by atoms with van der Waals surface area (Å²) >= 11 is 0. The molecular weight excluding hydrogens is 357 g/mol. The van der Waals surface area contributed by atoms with Crippen molar-refractivity contribution in [2.24, 2.45) is 0 Å². The number of hydrogen-bond acceptors (Lipinski definition) is 6. The van der Waals surface area contributed by atoms with Crippen LogP contribution in [0.5, 0.6) is 0 Å². The van der Waals surface area contributed by atoms with Crippen LogP contribution in [0.3, 0.4) is 0 Å². The van der Waals surface area contributed by atoms with Gasteiger partial charge in [-0.1, -0.05) is 0 Å². The summed E-state index contributed by atoms with van der Waals surface area (Å²) in [5.41, 5.74) is -3.49. The molecule has 0 saturated carbocycles. The van der Waals surface area contributed by atoms with E-state index in [0.717, 1.165) is 25.9 Å². The lowest BCUT2D eigenvalue weighted by atomic mass is 10.1. The highest BCUT2D eigenvalue weighted by Gasteiger charge is 2.41. The molecule has 142 valence electrons. The van der Waals surface area contributed by atoms with Gasteiger partial charge in [0.2, 0.25) is 0 Å². The van der Waals surface area contributed by atoms with Crippen molar-refractivity contribution in [2.45, 2.75) is 31.5 Å². The molecule has 3 rings (SSSR count). The van der Waals surface area contributed by atoms with Crippen molar-refractivity contribution in [1.82, 2.24) is 4.90 Å². The fourth-order valence-electron chi connectivity index (χ4n) is 3.72. The third-order valence-corrected chi connectivity index (χ3v) is 4.93. The van der Waals surface area contributed by atoms with Gasteiger partial charge in [0.05, 0.1) is 15.4 Å². The standard InChI is InChI=1S/C15H17F3N4O4/c16-15(17,18)10-7-12(21(23)24)14(13(8-10)22(25)26)20-6-3-11(9-20)19-4-1-2-5-19/h7-8,11H,1-6,9H2. The van der Waals surface area contributed by atoms with Crippen LogP contribution in [-0.4, -0.2) is 47.0 Å². The second-order valence-electron chi connectivity index (χ2n) is 6.51. The van der Waals surface area contributed by atoms with Crippen molar-refractivity contribution in [1.29, 1.82) is 0 Å². The van der Waals surface area contributed by atoms with Crippen LogP contribution in [0, 0.1) is 20.2 Å². The fourth-order valence-corrected chi connectivity index (χ4v) is 3.72. The number of nitro benzene ring substituents is 2. The van der Waals surface area contributed by atoms with Crippen LogP contribution < -0.4 is 4.90 Å². The van der Waals surface area contributed by atoms with Crippen molar-refractivity contribution < 1.29 is 23.0 Å². The Morgan fingerprint density at radius 2 is 1.54 bits per heavy atom. The van der Waals surface area contributed by atoms with Crippen LogP contribution in [0.15, 0.2) is 12.1 Å². The van der Waals surface area contributed by atoms with Crippen molar-refractivity contribution >= 4 is 17.1 Å². The van der Waals surface area contributed by atoms with E-state index in [4.69, 9.17) is 0 Å². The molecule has 2 heterocycles. The molecule has 0 aliphatic carbocycles. The molecule has 26 heavy (non-hydrogen) atoms. The summed E-state index contributed by atoms with van der Waals surface area (Å²) in [7, 11) is 0. The molecule has 1 aromatic carbocycles. The zero-order valence-corrected chi connectivity index (χ0v) is 13.7. The van der Waals surface area contributed by atoms with Crippen LogP contribution in [0.1, 0.15) is 24.8 Å². The first-order valence-corrected chi connectivity index (χ1v) is 8.21. The van der Waals surface area contributed by atoms with Gasteiger partial charge in [-0.25, -0.2) is 0 Å². The molecule has 8 nitrogen and oxygen atoms in total. The molecule has 0 radical (unpaired) electrons. The number of rotatable bonds is 4. The minimum absolute atomic E-state index is 0.0963. The number of anilines is 1. The average Bonchev–Trinajstić information content (AvgIpc) is 3.23. The highest BCUT2D eigenvalue weighted by atomic mass is 19.4. The molecule has 1 unspecified atom stereocenters. The summed E-state index contributed by atoms with van der Waals surface area (Å²) < 4.78 is 39.0. The van der Waals surface area contributed by atoms with Gasteiger partial charge in [0.25, 0.3) is 11.4 Å². The van der Waals surface area contributed by atoms with Gasteiger partial charge in [0.15, 0.2) is 5.69 Å². The highest BCUT2D eigenvalue weighted by molar-refractivity contribution is 5.76. The Bertz CT molecular complexity index is 699. The minimum Gasteiger partial charge on any atom is -0.359 e. The summed E-state index contributed by atoms with van der Waals surface area (Å²) in [5.74, 6) is 0. The summed E-state index contributed by atoms with van der Waals surface area (Å²) in [5, 5.41) is 22.7. The van der Waals surface area contributed by atoms with Crippen molar-refractivity contribution in [3.05, 3.63) is 37.9 Å². The van der Waals surface area contributed by atoms with Crippen LogP contribution in [0.2, 0.25) is 0 Å². The SMILES string of the molecule is O=[N+]([O-])c1cc(C(F)(F)F)cc([N+](=O)[O-])c1N1CCC(N2CCCC2)C1. The maximum Gasteiger partial charge on any atom is 0.416 e. The molecule has 2 aliphatic heterocycles. The van der Waals surface area contributed by atoms with Gasteiger partial charge in [-0.15, -0.1) is 0 Å². The van der Waals surface area contributed by atoms with Gasteiger partial charge in [-0.3, -0.25) is 25.1 Å². The number of nitrogens with zero attached hydrogens (tertiary/aromatic N) is 4. The molecule has 1 aromatic rings. The number of hydrogen-bond donors (Lipinski definition) is 0. The molecule has 0 aromatic heterocycles. The molecule has 0 N–H and O–H groups in total. The van der Waals surface area contributed by atoms with E-state index < -0.39 is 33.0 Å². The second kappa shape index (κ2) is 6.71. The molecule has 2 saturated heterocycles. The van der Waals surface area contributed by atoms with Gasteiger partial charge in [-0.05, 0) is 32.4 Å². The van der Waals surface area contributed by atoms with E-state index in [0.29, 0.717) is 31.6 Å². The number of alkyl halides is 3. The van der Waals surface area contributed by atoms with E-state index >= 15 is 0 Å². The van der Waals surface area contributed by atoms with E-state index in [2.05, 4.69) is 4.90 Å². The maximum atomic E-state index is 13.0. The van der Waals surface area contributed by atoms with Crippen molar-refractivity contribution in [3.8, 4) is 0 Å². The Balaban J connectivity index is 2.02.